The number of nitrogens with zero attached hydrogens (tertiary/aromatic N) is 1. The SMILES string of the molecule is CCC1COCCN1C(=O)c1ccc(I)cc1. The van der Waals surface area contributed by atoms with E-state index in [0.29, 0.717) is 19.8 Å². The summed E-state index contributed by atoms with van der Waals surface area (Å²) in [6.45, 7) is 4.09. The summed E-state index contributed by atoms with van der Waals surface area (Å²) in [5.41, 5.74) is 0.769. The van der Waals surface area contributed by atoms with Crippen molar-refractivity contribution in [1.82, 2.24) is 4.90 Å². The lowest BCUT2D eigenvalue weighted by Crippen LogP contribution is -2.48. The lowest BCUT2D eigenvalue weighted by Gasteiger charge is -2.35. The number of hydrogen-bond donors (Lipinski definition) is 0. The van der Waals surface area contributed by atoms with Crippen molar-refractivity contribution in [2.24, 2.45) is 0 Å². The first-order chi connectivity index (χ1) is 8.22. The Kier molecular flexibility index (Phi) is 4.39. The van der Waals surface area contributed by atoms with Gasteiger partial charge in [0.2, 0.25) is 0 Å². The highest BCUT2D eigenvalue weighted by Gasteiger charge is 2.26. The summed E-state index contributed by atoms with van der Waals surface area (Å²) in [5, 5.41) is 0. The highest BCUT2D eigenvalue weighted by molar-refractivity contribution is 14.1. The van der Waals surface area contributed by atoms with Crippen LogP contribution in [0.4, 0.5) is 0 Å². The van der Waals surface area contributed by atoms with Crippen LogP contribution in [0.5, 0.6) is 0 Å². The average Bonchev–Trinajstić information content (AvgIpc) is 2.39. The maximum Gasteiger partial charge on any atom is 0.254 e. The molecule has 1 fully saturated rings. The van der Waals surface area contributed by atoms with Crippen molar-refractivity contribution in [2.75, 3.05) is 19.8 Å². The largest absolute Gasteiger partial charge is 0.377 e. The first kappa shape index (κ1) is 12.8. The molecule has 92 valence electrons. The maximum absolute atomic E-state index is 12.3. The third-order valence-corrected chi connectivity index (χ3v) is 3.77. The summed E-state index contributed by atoms with van der Waals surface area (Å²) >= 11 is 2.24. The van der Waals surface area contributed by atoms with Crippen LogP contribution in [0.2, 0.25) is 0 Å². The van der Waals surface area contributed by atoms with E-state index in [4.69, 9.17) is 4.74 Å². The fourth-order valence-corrected chi connectivity index (χ4v) is 2.38. The van der Waals surface area contributed by atoms with Crippen LogP contribution < -0.4 is 0 Å². The molecule has 1 unspecified atom stereocenters. The van der Waals surface area contributed by atoms with Gasteiger partial charge in [-0.25, -0.2) is 0 Å². The summed E-state index contributed by atoms with van der Waals surface area (Å²) in [5.74, 6) is 0.122. The Morgan fingerprint density at radius 1 is 1.47 bits per heavy atom. The van der Waals surface area contributed by atoms with Gasteiger partial charge in [0.25, 0.3) is 5.91 Å². The maximum atomic E-state index is 12.3. The summed E-state index contributed by atoms with van der Waals surface area (Å²) < 4.78 is 6.56. The van der Waals surface area contributed by atoms with E-state index in [-0.39, 0.29) is 11.9 Å². The first-order valence-corrected chi connectivity index (χ1v) is 6.94. The molecule has 0 spiro atoms. The fourth-order valence-electron chi connectivity index (χ4n) is 2.02. The van der Waals surface area contributed by atoms with Gasteiger partial charge in [-0.2, -0.15) is 0 Å². The normalized spacial score (nSPS) is 20.4. The highest BCUT2D eigenvalue weighted by atomic mass is 127. The molecule has 1 saturated heterocycles. The van der Waals surface area contributed by atoms with Gasteiger partial charge >= 0.3 is 0 Å². The number of halogens is 1. The number of carbonyl (C=O) groups is 1. The Hall–Kier alpha value is -0.620. The summed E-state index contributed by atoms with van der Waals surface area (Å²) in [6, 6.07) is 7.94. The van der Waals surface area contributed by atoms with E-state index in [2.05, 4.69) is 29.5 Å². The number of hydrogen-bond acceptors (Lipinski definition) is 2. The van der Waals surface area contributed by atoms with E-state index < -0.39 is 0 Å². The van der Waals surface area contributed by atoms with Crippen LogP contribution in [-0.4, -0.2) is 36.6 Å². The third-order valence-electron chi connectivity index (χ3n) is 3.05. The molecule has 1 atom stereocenters. The molecule has 1 aromatic rings. The Morgan fingerprint density at radius 3 is 2.82 bits per heavy atom. The predicted octanol–water partition coefficient (Wildman–Crippen LogP) is 2.54. The van der Waals surface area contributed by atoms with Gasteiger partial charge in [-0.1, -0.05) is 6.92 Å². The standard InChI is InChI=1S/C13H16INO2/c1-2-12-9-17-8-7-15(12)13(16)10-3-5-11(14)6-4-10/h3-6,12H,2,7-9H2,1H3. The molecule has 0 N–H and O–H groups in total. The molecule has 3 nitrogen and oxygen atoms in total. The van der Waals surface area contributed by atoms with Crippen molar-refractivity contribution in [1.29, 1.82) is 0 Å². The zero-order chi connectivity index (χ0) is 12.3. The second-order valence-corrected chi connectivity index (χ2v) is 5.39. The molecule has 0 bridgehead atoms. The van der Waals surface area contributed by atoms with Crippen LogP contribution in [0.25, 0.3) is 0 Å². The van der Waals surface area contributed by atoms with Crippen molar-refractivity contribution in [2.45, 2.75) is 19.4 Å². The van der Waals surface area contributed by atoms with Crippen LogP contribution in [0.3, 0.4) is 0 Å². The minimum absolute atomic E-state index is 0.122. The van der Waals surface area contributed by atoms with Gasteiger partial charge in [0.15, 0.2) is 0 Å². The van der Waals surface area contributed by atoms with Crippen molar-refractivity contribution in [3.8, 4) is 0 Å². The van der Waals surface area contributed by atoms with Crippen LogP contribution in [0.15, 0.2) is 24.3 Å². The number of carbonyl (C=O) groups excluding carboxylic acids is 1. The summed E-state index contributed by atoms with van der Waals surface area (Å²) in [7, 11) is 0. The van der Waals surface area contributed by atoms with Crippen molar-refractivity contribution in [3.63, 3.8) is 0 Å². The summed E-state index contributed by atoms with van der Waals surface area (Å²) in [4.78, 5) is 14.3. The molecule has 1 amide bonds. The van der Waals surface area contributed by atoms with Gasteiger partial charge in [-0.05, 0) is 53.3 Å². The lowest BCUT2D eigenvalue weighted by atomic mass is 10.1. The topological polar surface area (TPSA) is 29.5 Å². The first-order valence-electron chi connectivity index (χ1n) is 5.86. The molecular formula is C13H16INO2. The molecule has 1 heterocycles. The van der Waals surface area contributed by atoms with Crippen LogP contribution in [0, 0.1) is 3.57 Å². The zero-order valence-electron chi connectivity index (χ0n) is 9.86. The average molecular weight is 345 g/mol. The van der Waals surface area contributed by atoms with Gasteiger partial charge in [-0.15, -0.1) is 0 Å². The van der Waals surface area contributed by atoms with Gasteiger partial charge in [0, 0.05) is 15.7 Å². The quantitative estimate of drug-likeness (QED) is 0.771. The van der Waals surface area contributed by atoms with Gasteiger partial charge in [0.1, 0.15) is 0 Å². The van der Waals surface area contributed by atoms with E-state index in [1.807, 2.05) is 29.2 Å². The van der Waals surface area contributed by atoms with E-state index in [1.165, 1.54) is 0 Å². The van der Waals surface area contributed by atoms with Crippen LogP contribution in [0.1, 0.15) is 23.7 Å². The number of amides is 1. The van der Waals surface area contributed by atoms with Crippen molar-refractivity contribution < 1.29 is 9.53 Å². The Morgan fingerprint density at radius 2 is 2.18 bits per heavy atom. The Labute approximate surface area is 115 Å². The second-order valence-electron chi connectivity index (χ2n) is 4.14. The van der Waals surface area contributed by atoms with E-state index in [9.17, 15) is 4.79 Å². The molecule has 0 radical (unpaired) electrons. The molecule has 0 aliphatic carbocycles. The minimum Gasteiger partial charge on any atom is -0.377 e. The molecule has 0 aromatic heterocycles. The van der Waals surface area contributed by atoms with Gasteiger partial charge < -0.3 is 9.64 Å². The summed E-state index contributed by atoms with van der Waals surface area (Å²) in [6.07, 6.45) is 0.941. The number of ether oxygens (including phenoxy) is 1. The smallest absolute Gasteiger partial charge is 0.254 e. The second kappa shape index (κ2) is 5.82. The minimum atomic E-state index is 0.122. The van der Waals surface area contributed by atoms with E-state index in [0.717, 1.165) is 15.6 Å². The number of morpholine rings is 1. The molecule has 4 heteroatoms. The van der Waals surface area contributed by atoms with Crippen molar-refractivity contribution in [3.05, 3.63) is 33.4 Å². The van der Waals surface area contributed by atoms with Crippen molar-refractivity contribution >= 4 is 28.5 Å². The highest BCUT2D eigenvalue weighted by Crippen LogP contribution is 2.15. The van der Waals surface area contributed by atoms with Crippen LogP contribution in [-0.2, 0) is 4.74 Å². The van der Waals surface area contributed by atoms with Gasteiger partial charge in [-0.3, -0.25) is 4.79 Å². The number of benzene rings is 1. The molecule has 0 saturated carbocycles. The molecule has 1 aliphatic heterocycles. The molecule has 1 aliphatic rings. The van der Waals surface area contributed by atoms with Crippen LogP contribution >= 0.6 is 22.6 Å². The Balaban J connectivity index is 2.15. The molecule has 2 rings (SSSR count). The van der Waals surface area contributed by atoms with E-state index in [1.54, 1.807) is 0 Å². The zero-order valence-corrected chi connectivity index (χ0v) is 12.0. The van der Waals surface area contributed by atoms with Gasteiger partial charge in [0.05, 0.1) is 19.3 Å². The molecule has 1 aromatic carbocycles. The predicted molar refractivity (Wildman–Crippen MR) is 75.1 cm³/mol. The molecule has 17 heavy (non-hydrogen) atoms. The monoisotopic (exact) mass is 345 g/mol. The Bertz CT molecular complexity index is 391. The number of rotatable bonds is 2. The lowest BCUT2D eigenvalue weighted by molar-refractivity contribution is -0.00279. The van der Waals surface area contributed by atoms with E-state index >= 15 is 0 Å². The molecular weight excluding hydrogens is 329 g/mol. The fraction of sp³-hybridized carbons (Fsp3) is 0.462. The third kappa shape index (κ3) is 2.98.